The Kier molecular flexibility index (Phi) is 13.4. The minimum Gasteiger partial charge on any atom is -0.464 e. The first-order valence-electron chi connectivity index (χ1n) is 27.2. The van der Waals surface area contributed by atoms with Crippen molar-refractivity contribution in [1.29, 1.82) is 0 Å². The number of hydrogen-bond donors (Lipinski definition) is 0. The third kappa shape index (κ3) is 8.78. The maximum absolute atomic E-state index is 8.23. The van der Waals surface area contributed by atoms with E-state index in [1.54, 1.807) is 10.6 Å². The third-order valence-corrected chi connectivity index (χ3v) is 24.2. The fourth-order valence-electron chi connectivity index (χ4n) is 14.0. The summed E-state index contributed by atoms with van der Waals surface area (Å²) < 4.78 is 15.1. The van der Waals surface area contributed by atoms with Crippen LogP contribution >= 0.6 is 15.8 Å². The van der Waals surface area contributed by atoms with Crippen molar-refractivity contribution in [2.24, 2.45) is 0 Å². The Balaban J connectivity index is 1.30. The van der Waals surface area contributed by atoms with Crippen LogP contribution in [0.2, 0.25) is 0 Å². The van der Waals surface area contributed by atoms with Crippen LogP contribution in [0.3, 0.4) is 0 Å². The molecule has 0 spiro atoms. The summed E-state index contributed by atoms with van der Waals surface area (Å²) in [7, 11) is -1.18. The van der Waals surface area contributed by atoms with Crippen LogP contribution in [-0.4, -0.2) is 35.5 Å². The Hall–Kier alpha value is -3.80. The highest BCUT2D eigenvalue weighted by Crippen LogP contribution is 2.63. The van der Waals surface area contributed by atoms with E-state index in [0.29, 0.717) is 22.6 Å². The molecular formula is C63H72O2P2. The maximum atomic E-state index is 8.23. The molecule has 7 aromatic carbocycles. The maximum Gasteiger partial charge on any atom is 0.199 e. The summed E-state index contributed by atoms with van der Waals surface area (Å²) in [5.74, 6) is 1.33. The van der Waals surface area contributed by atoms with Crippen LogP contribution in [-0.2, 0) is 4.74 Å². The van der Waals surface area contributed by atoms with Crippen molar-refractivity contribution in [3.05, 3.63) is 115 Å². The van der Waals surface area contributed by atoms with Gasteiger partial charge in [0.2, 0.25) is 0 Å². The molecule has 4 saturated carbocycles. The monoisotopic (exact) mass is 923 g/mol. The van der Waals surface area contributed by atoms with Gasteiger partial charge in [0.05, 0.1) is 6.61 Å². The van der Waals surface area contributed by atoms with E-state index in [1.807, 2.05) is 0 Å². The molecule has 7 aromatic rings. The molecule has 2 nitrogen and oxygen atoms in total. The van der Waals surface area contributed by atoms with E-state index in [4.69, 9.17) is 9.47 Å². The quantitative estimate of drug-likeness (QED) is 0.101. The van der Waals surface area contributed by atoms with E-state index in [2.05, 4.69) is 115 Å². The molecule has 1 saturated heterocycles. The van der Waals surface area contributed by atoms with Gasteiger partial charge in [0.25, 0.3) is 0 Å². The second-order valence-corrected chi connectivity index (χ2v) is 26.7. The lowest BCUT2D eigenvalue weighted by Gasteiger charge is -2.44. The van der Waals surface area contributed by atoms with Crippen molar-refractivity contribution in [3.8, 4) is 28.0 Å². The van der Waals surface area contributed by atoms with Crippen LogP contribution in [0.1, 0.15) is 148 Å². The SMILES string of the molecule is c1ccc2c(-c3cc(-c4c5ccccc5cc5ccccc45)c(P(C4CCCCC4)C4CCCCC4)c(OC4CCCCO4)c3P(C3CCCCC3)C3CCCCC3)c3ccccc3cc2c1. The second kappa shape index (κ2) is 20.3. The summed E-state index contributed by atoms with van der Waals surface area (Å²) in [6.07, 6.45) is 30.5. The number of hydrogen-bond acceptors (Lipinski definition) is 2. The molecule has 0 bridgehead atoms. The Labute approximate surface area is 403 Å². The molecule has 0 radical (unpaired) electrons. The summed E-state index contributed by atoms with van der Waals surface area (Å²) in [5, 5.41) is 14.2. The average Bonchev–Trinajstić information content (AvgIpc) is 3.40. The summed E-state index contributed by atoms with van der Waals surface area (Å²) in [6.45, 7) is 0.795. The molecule has 5 aliphatic rings. The van der Waals surface area contributed by atoms with E-state index in [9.17, 15) is 0 Å². The molecule has 1 atom stereocenters. The van der Waals surface area contributed by atoms with Crippen LogP contribution in [0.25, 0.3) is 65.3 Å². The van der Waals surface area contributed by atoms with Crippen molar-refractivity contribution >= 4 is 69.5 Å². The van der Waals surface area contributed by atoms with Crippen LogP contribution < -0.4 is 15.3 Å². The average molecular weight is 923 g/mol. The Morgan fingerprint density at radius 2 is 0.687 bits per heavy atom. The molecular weight excluding hydrogens is 851 g/mol. The van der Waals surface area contributed by atoms with Gasteiger partial charge in [-0.3, -0.25) is 0 Å². The summed E-state index contributed by atoms with van der Waals surface area (Å²) in [6, 6.07) is 45.4. The largest absolute Gasteiger partial charge is 0.464 e. The number of ether oxygens (including phenoxy) is 2. The van der Waals surface area contributed by atoms with Crippen molar-refractivity contribution in [2.75, 3.05) is 6.61 Å². The van der Waals surface area contributed by atoms with Gasteiger partial charge in [-0.1, -0.05) is 190 Å². The highest BCUT2D eigenvalue weighted by atomic mass is 31.1. The molecule has 67 heavy (non-hydrogen) atoms. The van der Waals surface area contributed by atoms with Crippen molar-refractivity contribution in [2.45, 2.75) is 177 Å². The van der Waals surface area contributed by atoms with E-state index in [0.717, 1.165) is 19.4 Å². The normalized spacial score (nSPS) is 21.0. The lowest BCUT2D eigenvalue weighted by molar-refractivity contribution is -0.104. The van der Waals surface area contributed by atoms with Gasteiger partial charge in [0.1, 0.15) is 5.75 Å². The van der Waals surface area contributed by atoms with Gasteiger partial charge in [0, 0.05) is 17.0 Å². The van der Waals surface area contributed by atoms with Crippen molar-refractivity contribution < 1.29 is 9.47 Å². The van der Waals surface area contributed by atoms with Gasteiger partial charge in [-0.15, -0.1) is 0 Å². The predicted molar refractivity (Wildman–Crippen MR) is 292 cm³/mol. The Morgan fingerprint density at radius 1 is 0.358 bits per heavy atom. The van der Waals surface area contributed by atoms with E-state index >= 15 is 0 Å². The zero-order valence-electron chi connectivity index (χ0n) is 40.0. The number of fused-ring (bicyclic) bond motifs is 4. The third-order valence-electron chi connectivity index (χ3n) is 17.1. The molecule has 1 heterocycles. The second-order valence-electron chi connectivity index (χ2n) is 21.3. The van der Waals surface area contributed by atoms with Crippen LogP contribution in [0.5, 0.6) is 5.75 Å². The lowest BCUT2D eigenvalue weighted by Crippen LogP contribution is -2.36. The zero-order valence-corrected chi connectivity index (χ0v) is 41.8. The first-order chi connectivity index (χ1) is 33.3. The highest BCUT2D eigenvalue weighted by molar-refractivity contribution is 7.69. The number of benzene rings is 7. The molecule has 0 aromatic heterocycles. The van der Waals surface area contributed by atoms with Crippen molar-refractivity contribution in [1.82, 2.24) is 0 Å². The van der Waals surface area contributed by atoms with E-state index in [1.165, 1.54) is 206 Å². The van der Waals surface area contributed by atoms with Crippen LogP contribution in [0, 0.1) is 0 Å². The van der Waals surface area contributed by atoms with E-state index < -0.39 is 15.8 Å². The van der Waals surface area contributed by atoms with Gasteiger partial charge < -0.3 is 9.47 Å². The summed E-state index contributed by atoms with van der Waals surface area (Å²) >= 11 is 0. The fourth-order valence-corrected chi connectivity index (χ4v) is 22.1. The minimum atomic E-state index is -0.591. The number of rotatable bonds is 10. The summed E-state index contributed by atoms with van der Waals surface area (Å²) in [5.41, 5.74) is 8.72. The van der Waals surface area contributed by atoms with Crippen LogP contribution in [0.4, 0.5) is 0 Å². The van der Waals surface area contributed by atoms with Gasteiger partial charge in [-0.2, -0.15) is 0 Å². The van der Waals surface area contributed by atoms with Gasteiger partial charge >= 0.3 is 0 Å². The van der Waals surface area contributed by atoms with Crippen molar-refractivity contribution in [3.63, 3.8) is 0 Å². The first-order valence-corrected chi connectivity index (χ1v) is 30.1. The molecule has 0 N–H and O–H groups in total. The summed E-state index contributed by atoms with van der Waals surface area (Å²) in [4.78, 5) is 0. The fraction of sp³-hybridized carbons (Fsp3) is 0.460. The molecule has 4 aliphatic carbocycles. The predicted octanol–water partition coefficient (Wildman–Crippen LogP) is 18.1. The lowest BCUT2D eigenvalue weighted by atomic mass is 9.87. The molecule has 4 heteroatoms. The minimum absolute atomic E-state index is 0.216. The Bertz CT molecular complexity index is 2510. The van der Waals surface area contributed by atoms with Gasteiger partial charge in [0.15, 0.2) is 6.29 Å². The van der Waals surface area contributed by atoms with Gasteiger partial charge in [-0.05, 0) is 170 Å². The molecule has 1 unspecified atom stereocenters. The van der Waals surface area contributed by atoms with E-state index in [-0.39, 0.29) is 6.29 Å². The van der Waals surface area contributed by atoms with Gasteiger partial charge in [-0.25, -0.2) is 0 Å². The first kappa shape index (κ1) is 44.4. The zero-order chi connectivity index (χ0) is 44.5. The molecule has 5 fully saturated rings. The molecule has 1 aliphatic heterocycles. The highest BCUT2D eigenvalue weighted by Gasteiger charge is 2.43. The Morgan fingerprint density at radius 3 is 1.01 bits per heavy atom. The van der Waals surface area contributed by atoms with Crippen LogP contribution in [0.15, 0.2) is 115 Å². The molecule has 346 valence electrons. The topological polar surface area (TPSA) is 18.5 Å². The smallest absolute Gasteiger partial charge is 0.199 e. The molecule has 0 amide bonds. The standard InChI is InChI=1S/C63H72O2P2/c1-5-27-48(28-6-1)66(49-29-7-2-8-30-49)62-56(59-52-35-17-13-23-44(52)41-45-24-14-18-36-53(45)59)43-57(60-54-37-19-15-25-46(54)42-47-26-16-20-38-55(47)60)63(61(62)65-58-39-21-22-40-64-58)67(50-31-9-3-10-32-50)51-33-11-4-12-34-51/h13-20,23-26,35-38,41-43,48-51,58H,1-12,21-22,27-34,39-40H2. The molecule has 12 rings (SSSR count).